The summed E-state index contributed by atoms with van der Waals surface area (Å²) >= 11 is 6.14. The number of nitrogens with one attached hydrogen (secondary N) is 1. The summed E-state index contributed by atoms with van der Waals surface area (Å²) in [4.78, 5) is 16.6. The lowest BCUT2D eigenvalue weighted by atomic mass is 9.87. The van der Waals surface area contributed by atoms with Crippen LogP contribution in [0.25, 0.3) is 0 Å². The van der Waals surface area contributed by atoms with Crippen LogP contribution in [0.4, 0.5) is 0 Å². The highest BCUT2D eigenvalue weighted by Crippen LogP contribution is 2.30. The average Bonchev–Trinajstić information content (AvgIpc) is 2.47. The molecule has 3 nitrogen and oxygen atoms in total. The molecule has 0 saturated heterocycles. The van der Waals surface area contributed by atoms with E-state index in [1.165, 1.54) is 11.1 Å². The van der Waals surface area contributed by atoms with E-state index < -0.39 is 0 Å². The van der Waals surface area contributed by atoms with Gasteiger partial charge in [0.1, 0.15) is 0 Å². The molecule has 4 heteroatoms. The van der Waals surface area contributed by atoms with E-state index in [2.05, 4.69) is 22.4 Å². The third kappa shape index (κ3) is 2.93. The number of halogens is 1. The Balaban J connectivity index is 1.83. The smallest absolute Gasteiger partial charge is 0.254 e. The average molecular weight is 301 g/mol. The van der Waals surface area contributed by atoms with Gasteiger partial charge in [-0.2, -0.15) is 0 Å². The Hall–Kier alpha value is -1.87. The van der Waals surface area contributed by atoms with Gasteiger partial charge in [-0.25, -0.2) is 0 Å². The summed E-state index contributed by atoms with van der Waals surface area (Å²) < 4.78 is 0. The summed E-state index contributed by atoms with van der Waals surface area (Å²) in [7, 11) is 0. The number of hydrogen-bond acceptors (Lipinski definition) is 2. The fourth-order valence-corrected chi connectivity index (χ4v) is 3.13. The highest BCUT2D eigenvalue weighted by Gasteiger charge is 2.22. The van der Waals surface area contributed by atoms with Crippen molar-refractivity contribution < 1.29 is 4.79 Å². The fourth-order valence-electron chi connectivity index (χ4n) is 2.83. The number of aromatic nitrogens is 1. The van der Waals surface area contributed by atoms with Crippen LogP contribution in [-0.2, 0) is 6.42 Å². The molecule has 0 radical (unpaired) electrons. The molecule has 21 heavy (non-hydrogen) atoms. The van der Waals surface area contributed by atoms with Gasteiger partial charge in [-0.3, -0.25) is 9.78 Å². The maximum absolute atomic E-state index is 12.4. The normalized spacial score (nSPS) is 17.1. The molecule has 0 fully saturated rings. The molecule has 1 unspecified atom stereocenters. The van der Waals surface area contributed by atoms with Gasteiger partial charge in [0.25, 0.3) is 5.91 Å². The number of benzene rings is 1. The monoisotopic (exact) mass is 300 g/mol. The van der Waals surface area contributed by atoms with Crippen molar-refractivity contribution in [3.63, 3.8) is 0 Å². The molecule has 1 atom stereocenters. The molecule has 1 aliphatic rings. The number of hydrogen-bond donors (Lipinski definition) is 1. The Morgan fingerprint density at radius 2 is 2.19 bits per heavy atom. The Morgan fingerprint density at radius 3 is 3.00 bits per heavy atom. The first-order valence-electron chi connectivity index (χ1n) is 7.16. The van der Waals surface area contributed by atoms with Crippen LogP contribution in [0.1, 0.15) is 46.1 Å². The molecule has 0 saturated carbocycles. The van der Waals surface area contributed by atoms with Gasteiger partial charge < -0.3 is 5.32 Å². The molecule has 2 aromatic rings. The zero-order valence-electron chi connectivity index (χ0n) is 11.9. The van der Waals surface area contributed by atoms with Crippen LogP contribution in [0, 0.1) is 6.92 Å². The molecule has 1 aliphatic carbocycles. The molecule has 0 aliphatic heterocycles. The van der Waals surface area contributed by atoms with E-state index in [4.69, 9.17) is 11.6 Å². The summed E-state index contributed by atoms with van der Waals surface area (Å²) in [6.07, 6.45) is 4.67. The molecule has 1 amide bonds. The summed E-state index contributed by atoms with van der Waals surface area (Å²) in [5, 5.41) is 3.54. The molecular formula is C17H17ClN2O. The molecule has 108 valence electrons. The fraction of sp³-hybridized carbons (Fsp3) is 0.294. The summed E-state index contributed by atoms with van der Waals surface area (Å²) in [6.45, 7) is 1.85. The zero-order chi connectivity index (χ0) is 14.8. The van der Waals surface area contributed by atoms with Gasteiger partial charge >= 0.3 is 0 Å². The van der Waals surface area contributed by atoms with Gasteiger partial charge in [0.05, 0.1) is 16.6 Å². The third-order valence-corrected chi connectivity index (χ3v) is 4.22. The third-order valence-electron chi connectivity index (χ3n) is 3.91. The van der Waals surface area contributed by atoms with Gasteiger partial charge in [0.2, 0.25) is 0 Å². The van der Waals surface area contributed by atoms with E-state index in [0.29, 0.717) is 10.6 Å². The van der Waals surface area contributed by atoms with Crippen molar-refractivity contribution in [3.8, 4) is 0 Å². The van der Waals surface area contributed by atoms with Gasteiger partial charge in [0, 0.05) is 11.9 Å². The number of amides is 1. The van der Waals surface area contributed by atoms with E-state index in [1.807, 2.05) is 19.1 Å². The minimum Gasteiger partial charge on any atom is -0.345 e. The molecule has 1 heterocycles. The number of carbonyl (C=O) groups excluding carboxylic acids is 1. The van der Waals surface area contributed by atoms with E-state index in [1.54, 1.807) is 12.3 Å². The van der Waals surface area contributed by atoms with Crippen molar-refractivity contribution in [3.05, 3.63) is 63.9 Å². The standard InChI is InChI=1S/C17H17ClN2O/c1-11-9-15(18)14(10-19-11)17(21)20-16-8-4-6-12-5-2-3-7-13(12)16/h2-3,5,7,9-10,16H,4,6,8H2,1H3,(H,20,21). The zero-order valence-corrected chi connectivity index (χ0v) is 12.7. The molecule has 0 spiro atoms. The SMILES string of the molecule is Cc1cc(Cl)c(C(=O)NC2CCCc3ccccc32)cn1. The Labute approximate surface area is 129 Å². The van der Waals surface area contributed by atoms with Crippen LogP contribution in [0.3, 0.4) is 0 Å². The lowest BCUT2D eigenvalue weighted by Crippen LogP contribution is -2.31. The largest absolute Gasteiger partial charge is 0.345 e. The number of rotatable bonds is 2. The van der Waals surface area contributed by atoms with E-state index in [9.17, 15) is 4.79 Å². The minimum atomic E-state index is -0.158. The predicted octanol–water partition coefficient (Wildman–Crippen LogP) is 3.85. The van der Waals surface area contributed by atoms with Gasteiger partial charge in [-0.1, -0.05) is 35.9 Å². The van der Waals surface area contributed by atoms with Crippen LogP contribution < -0.4 is 5.32 Å². The Morgan fingerprint density at radius 1 is 1.38 bits per heavy atom. The Bertz CT molecular complexity index is 684. The second-order valence-corrected chi connectivity index (χ2v) is 5.83. The molecule has 0 bridgehead atoms. The first kappa shape index (κ1) is 14.1. The quantitative estimate of drug-likeness (QED) is 0.915. The van der Waals surface area contributed by atoms with Crippen LogP contribution >= 0.6 is 11.6 Å². The van der Waals surface area contributed by atoms with Crippen molar-refractivity contribution >= 4 is 17.5 Å². The van der Waals surface area contributed by atoms with Gasteiger partial charge in [-0.15, -0.1) is 0 Å². The second kappa shape index (κ2) is 5.86. The second-order valence-electron chi connectivity index (χ2n) is 5.42. The van der Waals surface area contributed by atoms with Crippen molar-refractivity contribution in [2.45, 2.75) is 32.2 Å². The molecule has 1 aromatic heterocycles. The topological polar surface area (TPSA) is 42.0 Å². The molecular weight excluding hydrogens is 284 g/mol. The van der Waals surface area contributed by atoms with Gasteiger partial charge in [0.15, 0.2) is 0 Å². The highest BCUT2D eigenvalue weighted by atomic mass is 35.5. The minimum absolute atomic E-state index is 0.0554. The summed E-state index contributed by atoms with van der Waals surface area (Å²) in [5.74, 6) is -0.158. The maximum Gasteiger partial charge on any atom is 0.254 e. The highest BCUT2D eigenvalue weighted by molar-refractivity contribution is 6.33. The van der Waals surface area contributed by atoms with Crippen LogP contribution in [0.2, 0.25) is 5.02 Å². The first-order valence-corrected chi connectivity index (χ1v) is 7.54. The lowest BCUT2D eigenvalue weighted by molar-refractivity contribution is 0.0932. The summed E-state index contributed by atoms with van der Waals surface area (Å²) in [5.41, 5.74) is 3.78. The van der Waals surface area contributed by atoms with E-state index >= 15 is 0 Å². The van der Waals surface area contributed by atoms with Crippen molar-refractivity contribution in [2.24, 2.45) is 0 Å². The number of fused-ring (bicyclic) bond motifs is 1. The van der Waals surface area contributed by atoms with Crippen LogP contribution in [0.5, 0.6) is 0 Å². The van der Waals surface area contributed by atoms with Crippen LogP contribution in [0.15, 0.2) is 36.5 Å². The van der Waals surface area contributed by atoms with Gasteiger partial charge in [-0.05, 0) is 43.4 Å². The molecule has 1 aromatic carbocycles. The van der Waals surface area contributed by atoms with Crippen LogP contribution in [-0.4, -0.2) is 10.9 Å². The number of pyridine rings is 1. The maximum atomic E-state index is 12.4. The number of carbonyl (C=O) groups is 1. The van der Waals surface area contributed by atoms with Crippen molar-refractivity contribution in [1.29, 1.82) is 0 Å². The van der Waals surface area contributed by atoms with E-state index in [-0.39, 0.29) is 11.9 Å². The first-order chi connectivity index (χ1) is 10.1. The van der Waals surface area contributed by atoms with Crippen molar-refractivity contribution in [1.82, 2.24) is 10.3 Å². The van der Waals surface area contributed by atoms with Crippen molar-refractivity contribution in [2.75, 3.05) is 0 Å². The van der Waals surface area contributed by atoms with E-state index in [0.717, 1.165) is 25.0 Å². The number of aryl methyl sites for hydroxylation is 2. The number of nitrogens with zero attached hydrogens (tertiary/aromatic N) is 1. The molecule has 1 N–H and O–H groups in total. The predicted molar refractivity (Wildman–Crippen MR) is 83.6 cm³/mol. The molecule has 3 rings (SSSR count). The lowest BCUT2D eigenvalue weighted by Gasteiger charge is -2.26. The summed E-state index contributed by atoms with van der Waals surface area (Å²) in [6, 6.07) is 10.1. The Kier molecular flexibility index (Phi) is 3.93.